The van der Waals surface area contributed by atoms with E-state index < -0.39 is 0 Å². The lowest BCUT2D eigenvalue weighted by molar-refractivity contribution is -0.0613. The van der Waals surface area contributed by atoms with Crippen LogP contribution in [0.1, 0.15) is 424 Å². The molecule has 0 aliphatic rings. The first-order chi connectivity index (χ1) is 56.4. The Morgan fingerprint density at radius 3 is 0.634 bits per heavy atom. The second kappa shape index (κ2) is 86.4. The van der Waals surface area contributed by atoms with Gasteiger partial charge in [0.2, 0.25) is 0 Å². The maximum absolute atomic E-state index is 9.01. The highest BCUT2D eigenvalue weighted by Crippen LogP contribution is 2.32. The number of benzene rings is 8. The fraction of sp³-hybridized carbons (Fsp3) is 0.522. The molecule has 8 aromatic carbocycles. The minimum Gasteiger partial charge on any atom is -0.508 e. The van der Waals surface area contributed by atoms with Gasteiger partial charge >= 0.3 is 0 Å². The molecule has 0 saturated carbocycles. The second-order valence-electron chi connectivity index (χ2n) is 30.5. The van der Waals surface area contributed by atoms with Crippen LogP contribution in [0.5, 0.6) is 28.7 Å². The van der Waals surface area contributed by atoms with Crippen LogP contribution in [0.3, 0.4) is 0 Å². The normalized spacial score (nSPS) is 11.5. The van der Waals surface area contributed by atoms with Crippen molar-refractivity contribution in [1.82, 2.24) is 30.6 Å². The van der Waals surface area contributed by atoms with E-state index in [0.717, 1.165) is 79.3 Å². The van der Waals surface area contributed by atoms with Gasteiger partial charge in [-0.2, -0.15) is 15.3 Å². The Labute approximate surface area is 866 Å². The van der Waals surface area contributed by atoms with Crippen LogP contribution in [-0.4, -0.2) is 64.4 Å². The van der Waals surface area contributed by atoms with E-state index in [4.69, 9.17) is 66.2 Å². The van der Waals surface area contributed by atoms with Gasteiger partial charge in [0.25, 0.3) is 0 Å². The summed E-state index contributed by atoms with van der Waals surface area (Å²) < 4.78 is 21.9. The second-order valence-corrected chi connectivity index (χ2v) is 39.1. The van der Waals surface area contributed by atoms with Gasteiger partial charge < -0.3 is 29.5 Å². The minimum absolute atomic E-state index is 0. The molecule has 0 radical (unpaired) electrons. The van der Waals surface area contributed by atoms with E-state index in [1.54, 1.807) is 71.7 Å². The van der Waals surface area contributed by atoms with E-state index in [-0.39, 0.29) is 131 Å². The van der Waals surface area contributed by atoms with E-state index in [0.29, 0.717) is 71.2 Å². The number of aromatic amines is 3. The van der Waals surface area contributed by atoms with Crippen molar-refractivity contribution < 1.29 is 29.5 Å². The summed E-state index contributed by atoms with van der Waals surface area (Å²) in [6.45, 7) is 46.2. The topological polar surface area (TPSA) is 174 Å². The van der Waals surface area contributed by atoms with Crippen LogP contribution in [0.25, 0.3) is 0 Å². The van der Waals surface area contributed by atoms with E-state index >= 15 is 0 Å². The number of phenolic OH excluding ortho intramolecular Hbond substituents is 3. The maximum Gasteiger partial charge on any atom is 0.196 e. The zero-order chi connectivity index (χ0) is 87.1. The summed E-state index contributed by atoms with van der Waals surface area (Å²) in [4.78, 5) is 0. The molecule has 6 N–H and O–H groups in total. The minimum atomic E-state index is -0.181. The first-order valence-electron chi connectivity index (χ1n) is 41.7. The number of ether oxygens (including phenoxy) is 3. The summed E-state index contributed by atoms with van der Waals surface area (Å²) in [7, 11) is 0. The Morgan fingerprint density at radius 2 is 0.470 bits per heavy atom. The highest BCUT2D eigenvalue weighted by Gasteiger charge is 2.14. The summed E-state index contributed by atoms with van der Waals surface area (Å²) in [5.74, 6) is 10.6. The predicted octanol–water partition coefficient (Wildman–Crippen LogP) is 42.3. The number of phenols is 3. The molecule has 3 aromatic heterocycles. The van der Waals surface area contributed by atoms with Gasteiger partial charge in [-0.1, -0.05) is 432 Å². The summed E-state index contributed by atoms with van der Waals surface area (Å²) in [5, 5.41) is 47.9. The lowest BCUT2D eigenvalue weighted by Gasteiger charge is -2.21. The average Bonchev–Trinajstić information content (AvgIpc) is 1.59. The molecule has 9 unspecified atom stereocenters. The summed E-state index contributed by atoms with van der Waals surface area (Å²) in [5.41, 5.74) is 14.8. The van der Waals surface area contributed by atoms with Crippen molar-refractivity contribution in [2.24, 2.45) is 0 Å². The Hall–Kier alpha value is -6.89. The summed E-state index contributed by atoms with van der Waals surface area (Å²) in [6.07, 6.45) is 9.15. The molecule has 11 rings (SSSR count). The van der Waals surface area contributed by atoms with Crippen molar-refractivity contribution in [1.29, 1.82) is 0 Å². The Balaban J connectivity index is -0.000000112. The molecule has 0 aliphatic carbocycles. The smallest absolute Gasteiger partial charge is 0.196 e. The largest absolute Gasteiger partial charge is 0.508 e. The van der Waals surface area contributed by atoms with Gasteiger partial charge in [0.1, 0.15) is 34.3 Å². The fourth-order valence-corrected chi connectivity index (χ4v) is 17.1. The third-order valence-corrected chi connectivity index (χ3v) is 27.2. The van der Waals surface area contributed by atoms with Crippen molar-refractivity contribution >= 4 is 106 Å². The third-order valence-electron chi connectivity index (χ3n) is 20.3. The van der Waals surface area contributed by atoms with Gasteiger partial charge in [0.15, 0.2) is 31.2 Å². The van der Waals surface area contributed by atoms with Gasteiger partial charge in [-0.05, 0) is 292 Å². The van der Waals surface area contributed by atoms with Gasteiger partial charge in [0, 0.05) is 23.9 Å². The van der Waals surface area contributed by atoms with Gasteiger partial charge in [-0.3, -0.25) is 15.3 Å². The van der Waals surface area contributed by atoms with Crippen molar-refractivity contribution in [2.45, 2.75) is 405 Å². The average molecular weight is 2030 g/mol. The van der Waals surface area contributed by atoms with Gasteiger partial charge in [-0.25, -0.2) is 0 Å². The monoisotopic (exact) mass is 2020 g/mol. The van der Waals surface area contributed by atoms with Crippen LogP contribution in [-0.2, 0) is 22.0 Å². The molecular weight excluding hydrogens is 1830 g/mol. The molecule has 0 fully saturated rings. The summed E-state index contributed by atoms with van der Waals surface area (Å²) >= 11 is 24.8. The number of hydrogen-bond donors (Lipinski definition) is 6. The zero-order valence-corrected chi connectivity index (χ0v) is 81.1. The molecule has 3 heterocycles. The molecule has 770 valence electrons. The standard InChI is InChI=1S/C14H22O2.C14H22O.3C13H16N2S3.3C10H14O.16CH4/c1-5-11(3)13-7-9-14(10-8-13)16-12(4)15-6-2;1-6-11(2)12-7-9-13(10-8-12)15-14(3,4)5;3*1-3-9(2)11-6-4-10(5-7-11)8-17-13-15-14-12(16)18-13;3*1-3-8(2)9-4-6-10(11)7-5-9;;;;;;;;;;;;;;;;/h7-12H,5-6H2,1-4H3;7-11H,6H2,1-5H3;3*4-7,9H,3,8H2,1-2H3,(H,14,16);3*4-8,11H,3H2,1-2H3;16*1H4. The van der Waals surface area contributed by atoms with Gasteiger partial charge in [-0.15, -0.1) is 0 Å². The number of nitrogens with zero attached hydrogens (tertiary/aromatic N) is 3. The van der Waals surface area contributed by atoms with E-state index in [2.05, 4.69) is 271 Å². The van der Waals surface area contributed by atoms with E-state index in [9.17, 15) is 0 Å². The number of thioether (sulfide) groups is 3. The molecule has 9 atom stereocenters. The SMILES string of the molecule is C.C.C.C.C.C.C.C.C.C.C.C.C.C.C.C.CCC(C)c1ccc(CSc2n[nH]c(=S)s2)cc1.CCC(C)c1ccc(CSc2n[nH]c(=S)s2)cc1.CCC(C)c1ccc(CSc2n[nH]c(=S)s2)cc1.CCC(C)c1ccc(O)cc1.CCC(C)c1ccc(O)cc1.CCC(C)c1ccc(O)cc1.CCC(C)c1ccc(OC(C)(C)C)cc1.CCOC(C)Oc1ccc(C(C)CC)cc1. The fourth-order valence-electron chi connectivity index (χ4n) is 10.9. The summed E-state index contributed by atoms with van der Waals surface area (Å²) in [6, 6.07) is 65.7. The van der Waals surface area contributed by atoms with Crippen LogP contribution >= 0.6 is 106 Å². The first-order valence-corrected chi connectivity index (χ1v) is 48.3. The maximum atomic E-state index is 9.01. The number of rotatable bonds is 30. The lowest BCUT2D eigenvalue weighted by atomic mass is 9.98. The van der Waals surface area contributed by atoms with E-state index in [1.807, 2.05) is 62.4 Å². The molecule has 21 heteroatoms. The molecule has 11 aromatic rings. The van der Waals surface area contributed by atoms with Crippen molar-refractivity contribution in [3.8, 4) is 28.7 Å². The van der Waals surface area contributed by atoms with Crippen LogP contribution in [0.2, 0.25) is 0 Å². The molecule has 0 aliphatic heterocycles. The van der Waals surface area contributed by atoms with Crippen LogP contribution in [0.4, 0.5) is 0 Å². The lowest BCUT2D eigenvalue weighted by Crippen LogP contribution is -2.22. The number of nitrogens with one attached hydrogen (secondary N) is 3. The predicted molar refractivity (Wildman–Crippen MR) is 627 cm³/mol. The number of H-pyrrole nitrogens is 3. The van der Waals surface area contributed by atoms with Crippen LogP contribution in [0, 0.1) is 11.9 Å². The highest BCUT2D eigenvalue weighted by molar-refractivity contribution is 8.01. The number of hydrogen-bond acceptors (Lipinski definition) is 18. The van der Waals surface area contributed by atoms with Gasteiger partial charge in [0.05, 0.1) is 0 Å². The number of aromatic nitrogens is 6. The van der Waals surface area contributed by atoms with E-state index in [1.165, 1.54) is 121 Å². The number of aromatic hydroxyl groups is 3. The molecule has 0 spiro atoms. The van der Waals surface area contributed by atoms with Crippen molar-refractivity contribution in [3.63, 3.8) is 0 Å². The van der Waals surface area contributed by atoms with Crippen LogP contribution < -0.4 is 9.47 Å². The van der Waals surface area contributed by atoms with Crippen LogP contribution in [0.15, 0.2) is 207 Å². The Morgan fingerprint density at radius 1 is 0.291 bits per heavy atom. The van der Waals surface area contributed by atoms with Crippen molar-refractivity contribution in [3.05, 3.63) is 267 Å². The molecule has 0 amide bonds. The van der Waals surface area contributed by atoms with Crippen molar-refractivity contribution in [2.75, 3.05) is 6.61 Å². The first kappa shape index (κ1) is 155. The Kier molecular flexibility index (Phi) is 100. The molecule has 0 bridgehead atoms. The third kappa shape index (κ3) is 62.8. The quantitative estimate of drug-likeness (QED) is 0.0142. The molecule has 0 saturated heterocycles. The molecule has 134 heavy (non-hydrogen) atoms. The molecular formula is C113H198N6O6S9. The zero-order valence-electron chi connectivity index (χ0n) is 73.7. The Bertz CT molecular complexity index is 4240. The highest BCUT2D eigenvalue weighted by atomic mass is 32.2. The molecule has 12 nitrogen and oxygen atoms in total.